The van der Waals surface area contributed by atoms with Crippen molar-refractivity contribution in [2.24, 2.45) is 5.92 Å². The van der Waals surface area contributed by atoms with Gasteiger partial charge in [0.2, 0.25) is 0 Å². The van der Waals surface area contributed by atoms with Crippen molar-refractivity contribution >= 4 is 23.0 Å². The molecule has 0 saturated heterocycles. The summed E-state index contributed by atoms with van der Waals surface area (Å²) in [5.74, 6) is 0.573. The third-order valence-corrected chi connectivity index (χ3v) is 6.36. The number of hydrogen-bond acceptors (Lipinski definition) is 3. The van der Waals surface area contributed by atoms with Gasteiger partial charge in [-0.3, -0.25) is 0 Å². The molecule has 1 heterocycles. The van der Waals surface area contributed by atoms with E-state index in [1.54, 1.807) is 6.07 Å². The van der Waals surface area contributed by atoms with Crippen molar-refractivity contribution < 1.29 is 9.90 Å². The number of benzene rings is 1. The topological polar surface area (TPSA) is 62.2 Å². The Morgan fingerprint density at radius 1 is 1.10 bits per heavy atom. The van der Waals surface area contributed by atoms with Crippen LogP contribution in [-0.4, -0.2) is 16.1 Å². The van der Waals surface area contributed by atoms with Gasteiger partial charge in [-0.15, -0.1) is 0 Å². The van der Waals surface area contributed by atoms with E-state index in [0.29, 0.717) is 17.7 Å². The van der Waals surface area contributed by atoms with Gasteiger partial charge in [-0.1, -0.05) is 31.4 Å². The number of hydrogen-bond donors (Lipinski definition) is 2. The maximum absolute atomic E-state index is 11.8. The molecule has 2 saturated carbocycles. The molecule has 4 rings (SSSR count). The monoisotopic (exact) mass is 390 g/mol. The van der Waals surface area contributed by atoms with Crippen LogP contribution >= 0.6 is 0 Å². The third-order valence-electron chi connectivity index (χ3n) is 6.36. The molecule has 2 aliphatic carbocycles. The summed E-state index contributed by atoms with van der Waals surface area (Å²) in [7, 11) is 0. The molecule has 2 N–H and O–H groups in total. The van der Waals surface area contributed by atoms with Crippen LogP contribution in [-0.2, 0) is 0 Å². The lowest BCUT2D eigenvalue weighted by Crippen LogP contribution is -2.10. The highest BCUT2D eigenvalue weighted by Crippen LogP contribution is 2.41. The number of nitrogens with one attached hydrogen (secondary N) is 1. The van der Waals surface area contributed by atoms with Gasteiger partial charge < -0.3 is 10.4 Å². The normalized spacial score (nSPS) is 17.9. The highest BCUT2D eigenvalue weighted by molar-refractivity contribution is 5.94. The summed E-state index contributed by atoms with van der Waals surface area (Å²) >= 11 is 0. The van der Waals surface area contributed by atoms with E-state index in [4.69, 9.17) is 0 Å². The van der Waals surface area contributed by atoms with Crippen molar-refractivity contribution in [1.29, 1.82) is 0 Å². The molecule has 4 nitrogen and oxygen atoms in total. The number of carboxylic acid groups (broad SMARTS) is 1. The second kappa shape index (κ2) is 8.40. The van der Waals surface area contributed by atoms with Crippen LogP contribution in [0.1, 0.15) is 84.8 Å². The fourth-order valence-corrected chi connectivity index (χ4v) is 4.56. The summed E-state index contributed by atoms with van der Waals surface area (Å²) in [5.41, 5.74) is 6.10. The van der Waals surface area contributed by atoms with Crippen molar-refractivity contribution in [2.45, 2.75) is 64.7 Å². The summed E-state index contributed by atoms with van der Waals surface area (Å²) in [6.07, 6.45) is 12.8. The van der Waals surface area contributed by atoms with Crippen molar-refractivity contribution in [1.82, 2.24) is 4.98 Å². The Morgan fingerprint density at radius 2 is 1.86 bits per heavy atom. The van der Waals surface area contributed by atoms with Gasteiger partial charge in [0.25, 0.3) is 0 Å². The maximum atomic E-state index is 11.8. The number of aromatic nitrogens is 1. The van der Waals surface area contributed by atoms with Crippen LogP contribution in [0.2, 0.25) is 0 Å². The molecule has 29 heavy (non-hydrogen) atoms. The van der Waals surface area contributed by atoms with Gasteiger partial charge in [0.05, 0.1) is 0 Å². The summed E-state index contributed by atoms with van der Waals surface area (Å²) < 4.78 is 0. The first-order valence-corrected chi connectivity index (χ1v) is 10.8. The van der Waals surface area contributed by atoms with E-state index in [-0.39, 0.29) is 5.56 Å². The Hall–Kier alpha value is -2.62. The predicted molar refractivity (Wildman–Crippen MR) is 118 cm³/mol. The Kier molecular flexibility index (Phi) is 5.70. The number of aromatic carboxylic acids is 1. The number of rotatable bonds is 6. The molecule has 1 aromatic carbocycles. The molecule has 0 spiro atoms. The number of aryl methyl sites for hydroxylation is 1. The molecule has 0 aliphatic heterocycles. The summed E-state index contributed by atoms with van der Waals surface area (Å²) in [6.45, 7) is 4.28. The van der Waals surface area contributed by atoms with Crippen molar-refractivity contribution in [3.63, 3.8) is 0 Å². The van der Waals surface area contributed by atoms with Gasteiger partial charge in [-0.2, -0.15) is 0 Å². The fourth-order valence-electron chi connectivity index (χ4n) is 4.56. The van der Waals surface area contributed by atoms with Gasteiger partial charge >= 0.3 is 5.97 Å². The minimum absolute atomic E-state index is 0.245. The van der Waals surface area contributed by atoms with Gasteiger partial charge in [-0.25, -0.2) is 9.78 Å². The van der Waals surface area contributed by atoms with Gasteiger partial charge in [-0.05, 0) is 91.8 Å². The minimum Gasteiger partial charge on any atom is -0.478 e. The molecule has 0 radical (unpaired) electrons. The van der Waals surface area contributed by atoms with E-state index in [9.17, 15) is 9.90 Å². The molecule has 2 fully saturated rings. The molecule has 4 heteroatoms. The highest BCUT2D eigenvalue weighted by Gasteiger charge is 2.26. The molecular formula is C25H30N2O2. The Labute approximate surface area is 173 Å². The molecule has 0 amide bonds. The Bertz CT molecular complexity index is 938. The Balaban J connectivity index is 1.63. The number of carboxylic acids is 1. The number of carbonyl (C=O) groups is 1. The van der Waals surface area contributed by atoms with E-state index < -0.39 is 5.97 Å². The van der Waals surface area contributed by atoms with E-state index in [1.807, 2.05) is 12.3 Å². The quantitative estimate of drug-likeness (QED) is 0.576. The SMILES string of the molecule is C/C=C(\c1cc(Nc2ncc(C3CC3)cc2C(=O)O)ccc1C)C1CCCCC1. The molecular weight excluding hydrogens is 360 g/mol. The molecule has 2 aromatic rings. The van der Waals surface area contributed by atoms with Gasteiger partial charge in [0.15, 0.2) is 0 Å². The minimum atomic E-state index is -0.939. The smallest absolute Gasteiger partial charge is 0.339 e. The number of allylic oxidation sites excluding steroid dienone is 2. The van der Waals surface area contributed by atoms with E-state index in [1.165, 1.54) is 48.8 Å². The van der Waals surface area contributed by atoms with Gasteiger partial charge in [0.1, 0.15) is 11.4 Å². The van der Waals surface area contributed by atoms with Crippen LogP contribution in [0.25, 0.3) is 5.57 Å². The first-order valence-electron chi connectivity index (χ1n) is 10.8. The molecule has 1 aromatic heterocycles. The lowest BCUT2D eigenvalue weighted by atomic mass is 9.80. The average molecular weight is 391 g/mol. The molecule has 0 atom stereocenters. The van der Waals surface area contributed by atoms with Crippen LogP contribution in [0.15, 0.2) is 36.5 Å². The summed E-state index contributed by atoms with van der Waals surface area (Å²) in [6, 6.07) is 8.06. The number of nitrogens with zero attached hydrogens (tertiary/aromatic N) is 1. The van der Waals surface area contributed by atoms with Crippen LogP contribution in [0.3, 0.4) is 0 Å². The molecule has 0 unspecified atom stereocenters. The Morgan fingerprint density at radius 3 is 2.52 bits per heavy atom. The zero-order valence-corrected chi connectivity index (χ0v) is 17.4. The van der Waals surface area contributed by atoms with E-state index >= 15 is 0 Å². The zero-order chi connectivity index (χ0) is 20.4. The summed E-state index contributed by atoms with van der Waals surface area (Å²) in [5, 5.41) is 12.9. The fraction of sp³-hybridized carbons (Fsp3) is 0.440. The second-order valence-electron chi connectivity index (χ2n) is 8.48. The van der Waals surface area contributed by atoms with Crippen molar-refractivity contribution in [3.8, 4) is 0 Å². The van der Waals surface area contributed by atoms with Crippen LogP contribution in [0, 0.1) is 12.8 Å². The molecule has 0 bridgehead atoms. The van der Waals surface area contributed by atoms with Crippen molar-refractivity contribution in [3.05, 3.63) is 58.8 Å². The molecule has 152 valence electrons. The first kappa shape index (κ1) is 19.7. The third kappa shape index (κ3) is 4.36. The van der Waals surface area contributed by atoms with Crippen LogP contribution in [0.4, 0.5) is 11.5 Å². The van der Waals surface area contributed by atoms with E-state index in [2.05, 4.69) is 42.4 Å². The average Bonchev–Trinajstić information content (AvgIpc) is 3.57. The zero-order valence-electron chi connectivity index (χ0n) is 17.4. The predicted octanol–water partition coefficient (Wildman–Crippen LogP) is 6.69. The number of anilines is 2. The largest absolute Gasteiger partial charge is 0.478 e. The second-order valence-corrected chi connectivity index (χ2v) is 8.48. The highest BCUT2D eigenvalue weighted by atomic mass is 16.4. The van der Waals surface area contributed by atoms with Crippen LogP contribution < -0.4 is 5.32 Å². The lowest BCUT2D eigenvalue weighted by molar-refractivity contribution is 0.0697. The number of pyridine rings is 1. The lowest BCUT2D eigenvalue weighted by Gasteiger charge is -2.26. The van der Waals surface area contributed by atoms with E-state index in [0.717, 1.165) is 24.1 Å². The standard InChI is InChI=1S/C25H30N2O2/c1-3-21(18-7-5-4-6-8-18)22-14-20(12-9-16(22)2)27-24-23(25(28)29)13-19(15-26-24)17-10-11-17/h3,9,12-15,17-18H,4-8,10-11H2,1-2H3,(H,26,27)(H,28,29)/b21-3-. The van der Waals surface area contributed by atoms with Crippen molar-refractivity contribution in [2.75, 3.05) is 5.32 Å². The maximum Gasteiger partial charge on any atom is 0.339 e. The van der Waals surface area contributed by atoms with Gasteiger partial charge in [0, 0.05) is 11.9 Å². The first-order chi connectivity index (χ1) is 14.1. The van der Waals surface area contributed by atoms with Crippen LogP contribution in [0.5, 0.6) is 0 Å². The molecule has 2 aliphatic rings. The summed E-state index contributed by atoms with van der Waals surface area (Å²) in [4.78, 5) is 16.3.